The van der Waals surface area contributed by atoms with Gasteiger partial charge in [-0.3, -0.25) is 4.52 Å². The van der Waals surface area contributed by atoms with Crippen LogP contribution in [0.1, 0.15) is 200 Å². The van der Waals surface area contributed by atoms with Gasteiger partial charge in [0.1, 0.15) is 0 Å². The van der Waals surface area contributed by atoms with E-state index in [9.17, 15) is 14.4 Å². The van der Waals surface area contributed by atoms with Crippen LogP contribution < -0.4 is 0 Å². The highest BCUT2D eigenvalue weighted by atomic mass is 31.2. The summed E-state index contributed by atoms with van der Waals surface area (Å²) in [6, 6.07) is 0. The molecule has 1 unspecified atom stereocenters. The molecule has 0 saturated heterocycles. The molecule has 5 heteroatoms. The molecular formula is C32H67O4P. The Labute approximate surface area is 232 Å². The highest BCUT2D eigenvalue weighted by molar-refractivity contribution is 7.46. The normalized spacial score (nSPS) is 12.9. The number of unbranched alkanes of at least 4 members (excludes halogenated alkanes) is 25. The van der Waals surface area contributed by atoms with Gasteiger partial charge < -0.3 is 9.79 Å². The van der Waals surface area contributed by atoms with Gasteiger partial charge in [-0.15, -0.1) is 0 Å². The molecule has 0 aliphatic carbocycles. The van der Waals surface area contributed by atoms with Gasteiger partial charge in [0, 0.05) is 0 Å². The van der Waals surface area contributed by atoms with Gasteiger partial charge in [-0.2, -0.15) is 0 Å². The maximum absolute atomic E-state index is 11.4. The Kier molecular flexibility index (Phi) is 29.2. The molecule has 0 aromatic heterocycles. The molecule has 0 spiro atoms. The first-order valence-electron chi connectivity index (χ1n) is 16.7. The fourth-order valence-electron chi connectivity index (χ4n) is 5.40. The van der Waals surface area contributed by atoms with Crippen molar-refractivity contribution in [1.29, 1.82) is 0 Å². The van der Waals surface area contributed by atoms with Crippen LogP contribution in [0.2, 0.25) is 0 Å². The SMILES string of the molecule is CCCCCCCCCCCCCCCCC(CCCCCCCCCCCCCCC)OP(=O)(O)O. The monoisotopic (exact) mass is 546 g/mol. The Hall–Kier alpha value is 0.110. The molecule has 1 atom stereocenters. The molecular weight excluding hydrogens is 479 g/mol. The summed E-state index contributed by atoms with van der Waals surface area (Å²) in [5.74, 6) is 0. The van der Waals surface area contributed by atoms with E-state index in [0.717, 1.165) is 38.5 Å². The summed E-state index contributed by atoms with van der Waals surface area (Å²) in [5.41, 5.74) is 0. The lowest BCUT2D eigenvalue weighted by molar-refractivity contribution is 0.115. The lowest BCUT2D eigenvalue weighted by Gasteiger charge is -2.18. The van der Waals surface area contributed by atoms with E-state index in [1.165, 1.54) is 148 Å². The van der Waals surface area contributed by atoms with Crippen LogP contribution in [0.15, 0.2) is 0 Å². The van der Waals surface area contributed by atoms with E-state index in [-0.39, 0.29) is 6.10 Å². The average Bonchev–Trinajstić information content (AvgIpc) is 2.86. The van der Waals surface area contributed by atoms with Crippen molar-refractivity contribution >= 4 is 7.82 Å². The molecule has 0 amide bonds. The first kappa shape index (κ1) is 37.1. The van der Waals surface area contributed by atoms with Crippen molar-refractivity contribution in [3.63, 3.8) is 0 Å². The summed E-state index contributed by atoms with van der Waals surface area (Å²) < 4.78 is 16.5. The third-order valence-corrected chi connectivity index (χ3v) is 8.37. The van der Waals surface area contributed by atoms with E-state index >= 15 is 0 Å². The maximum Gasteiger partial charge on any atom is 0.469 e. The van der Waals surface area contributed by atoms with Gasteiger partial charge in [-0.25, -0.2) is 4.57 Å². The zero-order valence-electron chi connectivity index (χ0n) is 25.2. The van der Waals surface area contributed by atoms with Gasteiger partial charge in [-0.05, 0) is 12.8 Å². The number of hydrogen-bond acceptors (Lipinski definition) is 2. The molecule has 0 aliphatic rings. The van der Waals surface area contributed by atoms with Gasteiger partial charge in [0.25, 0.3) is 0 Å². The van der Waals surface area contributed by atoms with Gasteiger partial charge in [-0.1, -0.05) is 187 Å². The Morgan fingerprint density at radius 1 is 0.432 bits per heavy atom. The highest BCUT2D eigenvalue weighted by Gasteiger charge is 2.21. The van der Waals surface area contributed by atoms with Gasteiger partial charge in [0.15, 0.2) is 0 Å². The van der Waals surface area contributed by atoms with E-state index in [4.69, 9.17) is 4.52 Å². The summed E-state index contributed by atoms with van der Waals surface area (Å²) >= 11 is 0. The third kappa shape index (κ3) is 32.2. The van der Waals surface area contributed by atoms with Crippen molar-refractivity contribution in [2.24, 2.45) is 0 Å². The molecule has 37 heavy (non-hydrogen) atoms. The molecule has 0 bridgehead atoms. The number of rotatable bonds is 31. The van der Waals surface area contributed by atoms with E-state index in [2.05, 4.69) is 13.8 Å². The lowest BCUT2D eigenvalue weighted by Crippen LogP contribution is -2.11. The highest BCUT2D eigenvalue weighted by Crippen LogP contribution is 2.39. The second kappa shape index (κ2) is 29.1. The molecule has 0 saturated carbocycles. The molecule has 0 rings (SSSR count). The van der Waals surface area contributed by atoms with Crippen LogP contribution in [-0.2, 0) is 9.09 Å². The molecule has 4 nitrogen and oxygen atoms in total. The summed E-state index contributed by atoms with van der Waals surface area (Å²) in [7, 11) is -4.40. The van der Waals surface area contributed by atoms with E-state index in [1.807, 2.05) is 0 Å². The maximum atomic E-state index is 11.4. The van der Waals surface area contributed by atoms with Crippen molar-refractivity contribution in [3.05, 3.63) is 0 Å². The fraction of sp³-hybridized carbons (Fsp3) is 1.00. The van der Waals surface area contributed by atoms with Gasteiger partial charge in [0.05, 0.1) is 6.10 Å². The van der Waals surface area contributed by atoms with Crippen molar-refractivity contribution in [3.8, 4) is 0 Å². The number of phosphoric acid groups is 1. The third-order valence-electron chi connectivity index (χ3n) is 7.80. The largest absolute Gasteiger partial charge is 0.469 e. The van der Waals surface area contributed by atoms with Crippen LogP contribution >= 0.6 is 7.82 Å². The topological polar surface area (TPSA) is 66.8 Å². The molecule has 0 fully saturated rings. The average molecular weight is 547 g/mol. The second-order valence-corrected chi connectivity index (χ2v) is 12.8. The minimum atomic E-state index is -4.40. The van der Waals surface area contributed by atoms with Crippen LogP contribution in [0.5, 0.6) is 0 Å². The van der Waals surface area contributed by atoms with Crippen molar-refractivity contribution in [2.45, 2.75) is 206 Å². The summed E-state index contributed by atoms with van der Waals surface area (Å²) in [6.07, 6.45) is 36.9. The molecule has 0 aromatic carbocycles. The fourth-order valence-corrected chi connectivity index (χ4v) is 6.00. The summed E-state index contributed by atoms with van der Waals surface area (Å²) in [5, 5.41) is 0. The quantitative estimate of drug-likeness (QED) is 0.0670. The first-order chi connectivity index (χ1) is 18.0. The lowest BCUT2D eigenvalue weighted by atomic mass is 10.0. The van der Waals surface area contributed by atoms with Crippen LogP contribution in [-0.4, -0.2) is 15.9 Å². The standard InChI is InChI=1S/C32H67O4P/c1-3-5-7-9-11-13-15-17-19-21-23-25-27-29-31-32(36-37(33,34)35)30-28-26-24-22-20-18-16-14-12-10-8-6-4-2/h32H,3-31H2,1-2H3,(H2,33,34,35). The van der Waals surface area contributed by atoms with Crippen molar-refractivity contribution in [2.75, 3.05) is 0 Å². The first-order valence-corrected chi connectivity index (χ1v) is 18.3. The second-order valence-electron chi connectivity index (χ2n) is 11.6. The van der Waals surface area contributed by atoms with E-state index < -0.39 is 7.82 Å². The number of phosphoric ester groups is 1. The Morgan fingerprint density at radius 3 is 0.865 bits per heavy atom. The number of hydrogen-bond donors (Lipinski definition) is 2. The predicted octanol–water partition coefficient (Wildman–Crippen LogP) is 11.8. The smallest absolute Gasteiger partial charge is 0.303 e. The minimum absolute atomic E-state index is 0.286. The molecule has 2 N–H and O–H groups in total. The zero-order chi connectivity index (χ0) is 27.3. The molecule has 224 valence electrons. The van der Waals surface area contributed by atoms with Crippen LogP contribution in [0.4, 0.5) is 0 Å². The predicted molar refractivity (Wildman–Crippen MR) is 162 cm³/mol. The summed E-state index contributed by atoms with van der Waals surface area (Å²) in [4.78, 5) is 18.6. The summed E-state index contributed by atoms with van der Waals surface area (Å²) in [6.45, 7) is 4.54. The zero-order valence-corrected chi connectivity index (χ0v) is 26.1. The van der Waals surface area contributed by atoms with E-state index in [0.29, 0.717) is 0 Å². The van der Waals surface area contributed by atoms with Crippen LogP contribution in [0, 0.1) is 0 Å². The molecule has 0 aliphatic heterocycles. The van der Waals surface area contributed by atoms with Crippen molar-refractivity contribution < 1.29 is 18.9 Å². The van der Waals surface area contributed by atoms with Crippen LogP contribution in [0.25, 0.3) is 0 Å². The minimum Gasteiger partial charge on any atom is -0.303 e. The van der Waals surface area contributed by atoms with Crippen LogP contribution in [0.3, 0.4) is 0 Å². The molecule has 0 heterocycles. The molecule has 0 aromatic rings. The van der Waals surface area contributed by atoms with E-state index in [1.54, 1.807) is 0 Å². The van der Waals surface area contributed by atoms with Gasteiger partial charge in [0.2, 0.25) is 0 Å². The Balaban J connectivity index is 3.62. The van der Waals surface area contributed by atoms with Crippen molar-refractivity contribution in [1.82, 2.24) is 0 Å². The Morgan fingerprint density at radius 2 is 0.649 bits per heavy atom. The molecule has 0 radical (unpaired) electrons. The van der Waals surface area contributed by atoms with Gasteiger partial charge >= 0.3 is 7.82 Å². The Bertz CT molecular complexity index is 479.